The molecule has 154 valence electrons. The van der Waals surface area contributed by atoms with E-state index in [9.17, 15) is 4.79 Å². The molecule has 4 aliphatic carbocycles. The lowest BCUT2D eigenvalue weighted by Gasteiger charge is -2.74. The summed E-state index contributed by atoms with van der Waals surface area (Å²) in [6.07, 6.45) is 7.36. The molecule has 1 saturated carbocycles. The third-order valence-corrected chi connectivity index (χ3v) is 9.41. The maximum absolute atomic E-state index is 12.9. The molecule has 0 unspecified atom stereocenters. The van der Waals surface area contributed by atoms with E-state index in [0.29, 0.717) is 6.04 Å². The first kappa shape index (κ1) is 18.0. The number of hydrogen-bond acceptors (Lipinski definition) is 5. The van der Waals surface area contributed by atoms with Crippen LogP contribution in [-0.2, 0) is 21.4 Å². The van der Waals surface area contributed by atoms with E-state index >= 15 is 0 Å². The smallest absolute Gasteiger partial charge is 0.166 e. The number of ether oxygens (including phenoxy) is 3. The average molecular weight is 395 g/mol. The van der Waals surface area contributed by atoms with E-state index in [1.807, 2.05) is 6.07 Å². The first-order valence-corrected chi connectivity index (χ1v) is 10.7. The van der Waals surface area contributed by atoms with Crippen LogP contribution in [0.3, 0.4) is 0 Å². The molecule has 2 aliphatic heterocycles. The number of nitrogens with zero attached hydrogens (tertiary/aromatic N) is 1. The standard InChI is InChI=1S/C24H29NO4/c1-14(26)16-13-22-8-9-24(16,28-5)21(2)23(22)10-11-25(3)18(22)12-15-6-7-17(27-4)20(29-21)19(15)23/h6-9,16,18H,10-13H2,1-5H3/t16-,18+,21-,22-,23-,24+/m0/s1. The molecule has 0 aromatic heterocycles. The van der Waals surface area contributed by atoms with Crippen molar-refractivity contribution in [3.8, 4) is 11.5 Å². The van der Waals surface area contributed by atoms with Crippen molar-refractivity contribution in [2.75, 3.05) is 27.8 Å². The number of carbonyl (C=O) groups excluding carboxylic acids is 1. The molecule has 4 bridgehead atoms. The molecule has 6 aliphatic rings. The molecule has 1 aromatic rings. The molecular weight excluding hydrogens is 366 g/mol. The van der Waals surface area contributed by atoms with E-state index in [1.54, 1.807) is 21.1 Å². The number of hydrogen-bond donors (Lipinski definition) is 0. The van der Waals surface area contributed by atoms with Gasteiger partial charge >= 0.3 is 0 Å². The van der Waals surface area contributed by atoms with Crippen molar-refractivity contribution in [2.45, 2.75) is 55.8 Å². The van der Waals surface area contributed by atoms with Crippen LogP contribution in [0.5, 0.6) is 11.5 Å². The van der Waals surface area contributed by atoms with Crippen LogP contribution >= 0.6 is 0 Å². The Morgan fingerprint density at radius 2 is 2.07 bits per heavy atom. The van der Waals surface area contributed by atoms with Gasteiger partial charge in [0, 0.05) is 24.1 Å². The first-order chi connectivity index (χ1) is 13.8. The summed E-state index contributed by atoms with van der Waals surface area (Å²) >= 11 is 0. The Kier molecular flexibility index (Phi) is 3.14. The van der Waals surface area contributed by atoms with Crippen molar-refractivity contribution < 1.29 is 19.0 Å². The van der Waals surface area contributed by atoms with Gasteiger partial charge in [0.1, 0.15) is 11.4 Å². The van der Waals surface area contributed by atoms with Crippen LogP contribution in [0.15, 0.2) is 24.3 Å². The highest BCUT2D eigenvalue weighted by atomic mass is 16.6. The van der Waals surface area contributed by atoms with Gasteiger partial charge in [-0.1, -0.05) is 18.2 Å². The fraction of sp³-hybridized carbons (Fsp3) is 0.625. The van der Waals surface area contributed by atoms with Crippen molar-refractivity contribution in [3.63, 3.8) is 0 Å². The van der Waals surface area contributed by atoms with Crippen LogP contribution in [-0.4, -0.2) is 55.7 Å². The number of carbonyl (C=O) groups is 1. The first-order valence-electron chi connectivity index (χ1n) is 10.7. The van der Waals surface area contributed by atoms with Crippen LogP contribution in [0.25, 0.3) is 0 Å². The minimum atomic E-state index is -0.778. The molecule has 1 aromatic carbocycles. The maximum Gasteiger partial charge on any atom is 0.166 e. The fourth-order valence-electron chi connectivity index (χ4n) is 8.30. The van der Waals surface area contributed by atoms with Crippen molar-refractivity contribution in [3.05, 3.63) is 35.4 Å². The van der Waals surface area contributed by atoms with Crippen molar-refractivity contribution in [2.24, 2.45) is 11.3 Å². The summed E-state index contributed by atoms with van der Waals surface area (Å²) < 4.78 is 19.0. The Bertz CT molecular complexity index is 987. The molecule has 7 rings (SSSR count). The predicted molar refractivity (Wildman–Crippen MR) is 109 cm³/mol. The molecular formula is C24H29NO4. The largest absolute Gasteiger partial charge is 0.493 e. The zero-order valence-corrected chi connectivity index (χ0v) is 17.9. The van der Waals surface area contributed by atoms with Gasteiger partial charge in [0.15, 0.2) is 17.1 Å². The molecule has 5 nitrogen and oxygen atoms in total. The summed E-state index contributed by atoms with van der Waals surface area (Å²) in [5.74, 6) is 1.62. The van der Waals surface area contributed by atoms with Gasteiger partial charge in [-0.3, -0.25) is 4.79 Å². The molecule has 2 spiro atoms. The summed E-state index contributed by atoms with van der Waals surface area (Å²) in [6, 6.07) is 4.61. The second kappa shape index (κ2) is 5.06. The van der Waals surface area contributed by atoms with Crippen molar-refractivity contribution in [1.29, 1.82) is 0 Å². The lowest BCUT2D eigenvalue weighted by atomic mass is 9.33. The van der Waals surface area contributed by atoms with Gasteiger partial charge in [-0.2, -0.15) is 0 Å². The number of methoxy groups -OCH3 is 2. The highest BCUT2D eigenvalue weighted by Crippen LogP contribution is 2.78. The molecule has 5 heteroatoms. The number of Topliss-reactive ketones (excluding diaryl/α,β-unsaturated/α-hetero) is 1. The minimum absolute atomic E-state index is 0.143. The van der Waals surface area contributed by atoms with Gasteiger partial charge in [0.05, 0.1) is 18.4 Å². The Labute approximate surface area is 172 Å². The lowest BCUT2D eigenvalue weighted by molar-refractivity contribution is -0.255. The van der Waals surface area contributed by atoms with Gasteiger partial charge in [0.25, 0.3) is 0 Å². The SMILES string of the molecule is COc1ccc2c3c1O[C@@]1(C)[C@]34CCN(C)[C@H](C2)[C@@]42C=C[C@@]1(OC)[C@H](C(C)=O)C2. The highest BCUT2D eigenvalue weighted by Gasteiger charge is 2.84. The summed E-state index contributed by atoms with van der Waals surface area (Å²) in [5, 5.41) is 0. The normalized spacial score (nSPS) is 45.7. The number of fused-ring (bicyclic) bond motifs is 1. The Balaban J connectivity index is 1.76. The Morgan fingerprint density at radius 1 is 1.28 bits per heavy atom. The number of likely N-dealkylation sites (N-methyl/N-ethyl adjacent to an activating group) is 1. The van der Waals surface area contributed by atoms with Gasteiger partial charge in [-0.15, -0.1) is 0 Å². The fourth-order valence-corrected chi connectivity index (χ4v) is 8.30. The quantitative estimate of drug-likeness (QED) is 0.737. The zero-order chi connectivity index (χ0) is 20.4. The highest BCUT2D eigenvalue weighted by molar-refractivity contribution is 5.83. The van der Waals surface area contributed by atoms with Crippen LogP contribution < -0.4 is 9.47 Å². The number of rotatable bonds is 3. The van der Waals surface area contributed by atoms with E-state index in [2.05, 4.69) is 37.1 Å². The third-order valence-electron chi connectivity index (χ3n) is 9.41. The van der Waals surface area contributed by atoms with Gasteiger partial charge < -0.3 is 19.1 Å². The number of ketones is 1. The summed E-state index contributed by atoms with van der Waals surface area (Å²) in [5.41, 5.74) is 0.875. The Hall–Kier alpha value is -1.85. The van der Waals surface area contributed by atoms with Crippen LogP contribution in [0.1, 0.15) is 37.8 Å². The molecule has 2 heterocycles. The molecule has 0 N–H and O–H groups in total. The molecule has 6 atom stereocenters. The lowest BCUT2D eigenvalue weighted by Crippen LogP contribution is -2.84. The molecule has 2 fully saturated rings. The monoisotopic (exact) mass is 395 g/mol. The maximum atomic E-state index is 12.9. The number of piperidine rings is 1. The topological polar surface area (TPSA) is 48.0 Å². The van der Waals surface area contributed by atoms with E-state index in [0.717, 1.165) is 37.3 Å². The van der Waals surface area contributed by atoms with Crippen LogP contribution in [0.2, 0.25) is 0 Å². The van der Waals surface area contributed by atoms with Crippen LogP contribution in [0.4, 0.5) is 0 Å². The molecule has 0 radical (unpaired) electrons. The second-order valence-corrected chi connectivity index (χ2v) is 9.86. The van der Waals surface area contributed by atoms with E-state index in [1.165, 1.54) is 11.1 Å². The molecule has 1 saturated heterocycles. The average Bonchev–Trinajstić information content (AvgIpc) is 3.00. The minimum Gasteiger partial charge on any atom is -0.493 e. The predicted octanol–water partition coefficient (Wildman–Crippen LogP) is 2.89. The summed E-state index contributed by atoms with van der Waals surface area (Å²) in [6.45, 7) is 4.92. The van der Waals surface area contributed by atoms with E-state index < -0.39 is 11.2 Å². The zero-order valence-electron chi connectivity index (χ0n) is 17.9. The van der Waals surface area contributed by atoms with Crippen molar-refractivity contribution >= 4 is 5.78 Å². The van der Waals surface area contributed by atoms with Crippen LogP contribution in [0, 0.1) is 11.3 Å². The molecule has 0 amide bonds. The summed E-state index contributed by atoms with van der Waals surface area (Å²) in [4.78, 5) is 15.4. The van der Waals surface area contributed by atoms with Gasteiger partial charge in [0.2, 0.25) is 0 Å². The van der Waals surface area contributed by atoms with E-state index in [-0.39, 0.29) is 22.5 Å². The number of benzene rings is 1. The third kappa shape index (κ3) is 1.52. The summed E-state index contributed by atoms with van der Waals surface area (Å²) in [7, 11) is 5.68. The number of likely N-dealkylation sites (tertiary alicyclic amines) is 1. The van der Waals surface area contributed by atoms with Crippen molar-refractivity contribution in [1.82, 2.24) is 4.90 Å². The van der Waals surface area contributed by atoms with E-state index in [4.69, 9.17) is 14.2 Å². The Morgan fingerprint density at radius 3 is 2.76 bits per heavy atom. The molecule has 29 heavy (non-hydrogen) atoms. The van der Waals surface area contributed by atoms with Gasteiger partial charge in [-0.05, 0) is 58.3 Å². The second-order valence-electron chi connectivity index (χ2n) is 9.86. The van der Waals surface area contributed by atoms with Gasteiger partial charge in [-0.25, -0.2) is 0 Å².